The van der Waals surface area contributed by atoms with E-state index in [9.17, 15) is 13.2 Å². The zero-order chi connectivity index (χ0) is 20.0. The van der Waals surface area contributed by atoms with Crippen molar-refractivity contribution in [3.63, 3.8) is 0 Å². The maximum Gasteiger partial charge on any atom is 0.254 e. The number of amides is 1. The van der Waals surface area contributed by atoms with Crippen LogP contribution < -0.4 is 0 Å². The molecule has 6 heteroatoms. The smallest absolute Gasteiger partial charge is 0.254 e. The van der Waals surface area contributed by atoms with Crippen molar-refractivity contribution in [2.24, 2.45) is 0 Å². The van der Waals surface area contributed by atoms with Gasteiger partial charge in [-0.1, -0.05) is 45.1 Å². The fourth-order valence-corrected chi connectivity index (χ4v) is 5.45. The molecule has 0 spiro atoms. The highest BCUT2D eigenvalue weighted by atomic mass is 32.2. The highest BCUT2D eigenvalue weighted by Gasteiger charge is 2.28. The molecule has 5 nitrogen and oxygen atoms in total. The lowest BCUT2D eigenvalue weighted by Gasteiger charge is -2.33. The molecule has 1 aliphatic rings. The lowest BCUT2D eigenvalue weighted by molar-refractivity contribution is 0.0667. The number of rotatable bonds is 7. The van der Waals surface area contributed by atoms with Gasteiger partial charge in [-0.15, -0.1) is 6.42 Å². The van der Waals surface area contributed by atoms with Crippen LogP contribution in [0.4, 0.5) is 0 Å². The summed E-state index contributed by atoms with van der Waals surface area (Å²) in [5.41, 5.74) is 1.02. The maximum absolute atomic E-state index is 13.2. The summed E-state index contributed by atoms with van der Waals surface area (Å²) in [5.74, 6) is 2.40. The number of carbonyl (C=O) groups is 1. The highest BCUT2D eigenvalue weighted by Crippen LogP contribution is 2.26. The highest BCUT2D eigenvalue weighted by molar-refractivity contribution is 7.89. The third-order valence-electron chi connectivity index (χ3n) is 5.30. The number of sulfonamides is 1. The lowest BCUT2D eigenvalue weighted by Crippen LogP contribution is -2.41. The van der Waals surface area contributed by atoms with Crippen molar-refractivity contribution in [3.05, 3.63) is 29.3 Å². The number of hydrogen-bond acceptors (Lipinski definition) is 3. The van der Waals surface area contributed by atoms with Crippen LogP contribution in [0.1, 0.15) is 61.9 Å². The van der Waals surface area contributed by atoms with Gasteiger partial charge < -0.3 is 4.90 Å². The van der Waals surface area contributed by atoms with Crippen LogP contribution in [-0.4, -0.2) is 49.2 Å². The first-order chi connectivity index (χ1) is 12.9. The van der Waals surface area contributed by atoms with Crippen molar-refractivity contribution < 1.29 is 13.2 Å². The van der Waals surface area contributed by atoms with Crippen LogP contribution in [0.5, 0.6) is 0 Å². The number of benzene rings is 1. The van der Waals surface area contributed by atoms with Gasteiger partial charge in [0.05, 0.1) is 11.4 Å². The van der Waals surface area contributed by atoms with E-state index in [0.29, 0.717) is 24.2 Å². The number of nitrogens with zero attached hydrogens (tertiary/aromatic N) is 2. The quantitative estimate of drug-likeness (QED) is 0.670. The van der Waals surface area contributed by atoms with E-state index in [2.05, 4.69) is 5.92 Å². The Bertz CT molecular complexity index is 801. The summed E-state index contributed by atoms with van der Waals surface area (Å²) < 4.78 is 27.3. The fraction of sp³-hybridized carbons (Fsp3) is 0.571. The third kappa shape index (κ3) is 4.72. The molecule has 1 fully saturated rings. The average molecular weight is 391 g/mol. The molecule has 0 aliphatic heterocycles. The number of terminal acetylenes is 1. The van der Waals surface area contributed by atoms with E-state index in [1.54, 1.807) is 24.0 Å². The molecule has 1 aromatic carbocycles. The summed E-state index contributed by atoms with van der Waals surface area (Å²) in [5, 5.41) is 0. The van der Waals surface area contributed by atoms with Crippen LogP contribution in [0.2, 0.25) is 0 Å². The fourth-order valence-electron chi connectivity index (χ4n) is 3.74. The molecule has 0 aromatic heterocycles. The zero-order valence-electron chi connectivity index (χ0n) is 16.6. The van der Waals surface area contributed by atoms with Crippen LogP contribution in [0, 0.1) is 19.3 Å². The Hall–Kier alpha value is -1.84. The van der Waals surface area contributed by atoms with E-state index in [1.807, 2.05) is 13.8 Å². The van der Waals surface area contributed by atoms with Crippen LogP contribution in [0.3, 0.4) is 0 Å². The van der Waals surface area contributed by atoms with E-state index in [4.69, 9.17) is 6.42 Å². The second-order valence-corrected chi connectivity index (χ2v) is 8.90. The van der Waals surface area contributed by atoms with Crippen LogP contribution in [-0.2, 0) is 10.0 Å². The van der Waals surface area contributed by atoms with Crippen molar-refractivity contribution >= 4 is 15.9 Å². The molecular formula is C21H30N2O3S. The van der Waals surface area contributed by atoms with Gasteiger partial charge in [-0.05, 0) is 37.5 Å². The summed E-state index contributed by atoms with van der Waals surface area (Å²) in [7, 11) is -3.63. The minimum Gasteiger partial charge on any atom is -0.325 e. The average Bonchev–Trinajstić information content (AvgIpc) is 2.67. The van der Waals surface area contributed by atoms with E-state index in [1.165, 1.54) is 16.8 Å². The largest absolute Gasteiger partial charge is 0.325 e. The molecule has 0 atom stereocenters. The Balaban J connectivity index is 2.40. The molecule has 0 N–H and O–H groups in total. The molecule has 1 saturated carbocycles. The van der Waals surface area contributed by atoms with Gasteiger partial charge in [-0.25, -0.2) is 8.42 Å². The molecule has 0 bridgehead atoms. The molecule has 1 aliphatic carbocycles. The molecule has 0 heterocycles. The lowest BCUT2D eigenvalue weighted by atomic mass is 9.93. The first-order valence-corrected chi connectivity index (χ1v) is 11.2. The standard InChI is InChI=1S/C21H30N2O3S/c1-5-15-23(19-11-9-8-10-12-19)21(24)18-14-13-17(4)20(16-18)27(25,26)22(6-2)7-3/h1,13-14,16,19H,6-12,15H2,2-4H3. The second-order valence-electron chi connectivity index (χ2n) is 7.00. The maximum atomic E-state index is 13.2. The van der Waals surface area contributed by atoms with Crippen molar-refractivity contribution in [3.8, 4) is 12.3 Å². The van der Waals surface area contributed by atoms with Crippen molar-refractivity contribution in [2.75, 3.05) is 19.6 Å². The van der Waals surface area contributed by atoms with Crippen LogP contribution >= 0.6 is 0 Å². The van der Waals surface area contributed by atoms with Gasteiger partial charge in [0.25, 0.3) is 5.91 Å². The first-order valence-electron chi connectivity index (χ1n) is 9.72. The monoisotopic (exact) mass is 390 g/mol. The predicted molar refractivity (Wildman–Crippen MR) is 108 cm³/mol. The van der Waals surface area contributed by atoms with Crippen molar-refractivity contribution in [1.82, 2.24) is 9.21 Å². The van der Waals surface area contributed by atoms with Gasteiger partial charge in [0.2, 0.25) is 10.0 Å². The summed E-state index contributed by atoms with van der Waals surface area (Å²) in [6, 6.07) is 5.05. The SMILES string of the molecule is C#CCN(C(=O)c1ccc(C)c(S(=O)(=O)N(CC)CC)c1)C1CCCCC1. The second kappa shape index (κ2) is 9.38. The van der Waals surface area contributed by atoms with Gasteiger partial charge in [-0.3, -0.25) is 4.79 Å². The minimum atomic E-state index is -3.63. The topological polar surface area (TPSA) is 57.7 Å². The van der Waals surface area contributed by atoms with Crippen molar-refractivity contribution in [1.29, 1.82) is 0 Å². The number of aryl methyl sites for hydroxylation is 1. The summed E-state index contributed by atoms with van der Waals surface area (Å²) in [4.78, 5) is 15.1. The van der Waals surface area contributed by atoms with Crippen molar-refractivity contribution in [2.45, 2.75) is 63.8 Å². The van der Waals surface area contributed by atoms with Gasteiger partial charge in [0.1, 0.15) is 0 Å². The van der Waals surface area contributed by atoms with E-state index in [0.717, 1.165) is 25.7 Å². The molecule has 0 radical (unpaired) electrons. The summed E-state index contributed by atoms with van der Waals surface area (Å²) in [6.07, 6.45) is 10.8. The number of hydrogen-bond donors (Lipinski definition) is 0. The minimum absolute atomic E-state index is 0.131. The Labute approximate surface area is 163 Å². The molecule has 148 valence electrons. The Morgan fingerprint density at radius 2 is 1.81 bits per heavy atom. The molecule has 1 aromatic rings. The molecular weight excluding hydrogens is 360 g/mol. The predicted octanol–water partition coefficient (Wildman–Crippen LogP) is 3.43. The van der Waals surface area contributed by atoms with E-state index < -0.39 is 10.0 Å². The van der Waals surface area contributed by atoms with Gasteiger partial charge in [0.15, 0.2) is 0 Å². The van der Waals surface area contributed by atoms with Gasteiger partial charge in [0, 0.05) is 24.7 Å². The Morgan fingerprint density at radius 3 is 2.37 bits per heavy atom. The van der Waals surface area contributed by atoms with E-state index in [-0.39, 0.29) is 23.4 Å². The normalized spacial score (nSPS) is 15.5. The summed E-state index contributed by atoms with van der Waals surface area (Å²) >= 11 is 0. The molecule has 1 amide bonds. The molecule has 0 saturated heterocycles. The number of carbonyl (C=O) groups excluding carboxylic acids is 1. The molecule has 2 rings (SSSR count). The Kier molecular flexibility index (Phi) is 7.46. The zero-order valence-corrected chi connectivity index (χ0v) is 17.4. The first kappa shape index (κ1) is 21.5. The van der Waals surface area contributed by atoms with Crippen LogP contribution in [0.15, 0.2) is 23.1 Å². The Morgan fingerprint density at radius 1 is 1.19 bits per heavy atom. The molecule has 0 unspecified atom stereocenters. The van der Waals surface area contributed by atoms with E-state index >= 15 is 0 Å². The van der Waals surface area contributed by atoms with Gasteiger partial charge in [-0.2, -0.15) is 4.31 Å². The van der Waals surface area contributed by atoms with Gasteiger partial charge >= 0.3 is 0 Å². The summed E-state index contributed by atoms with van der Waals surface area (Å²) in [6.45, 7) is 6.40. The molecule has 27 heavy (non-hydrogen) atoms. The third-order valence-corrected chi connectivity index (χ3v) is 7.49. The van der Waals surface area contributed by atoms with Crippen LogP contribution in [0.25, 0.3) is 0 Å².